The second kappa shape index (κ2) is 11.1. The predicted molar refractivity (Wildman–Crippen MR) is 108 cm³/mol. The standard InChI is InChI=1S/C18H25Cl2N3O5/c1-18(2,3)28-17(25)22-11-7-5-4-6-10-21-16(24)14-12(19)8-9-13(15(14)20)23(26)27/h8-9H,4-7,10-11H2,1-3H3,(H,21,24)(H,22,25). The average molecular weight is 434 g/mol. The molecule has 1 rings (SSSR count). The Hall–Kier alpha value is -2.06. The molecular formula is C18H25Cl2N3O5. The van der Waals surface area contributed by atoms with Crippen molar-refractivity contribution in [1.82, 2.24) is 10.6 Å². The molecule has 1 aromatic carbocycles. The van der Waals surface area contributed by atoms with Crippen molar-refractivity contribution in [3.63, 3.8) is 0 Å². The van der Waals surface area contributed by atoms with Gasteiger partial charge in [0.15, 0.2) is 0 Å². The lowest BCUT2D eigenvalue weighted by molar-refractivity contribution is -0.384. The fourth-order valence-corrected chi connectivity index (χ4v) is 2.90. The Labute approximate surface area is 174 Å². The number of nitro groups is 1. The predicted octanol–water partition coefficient (Wildman–Crippen LogP) is 4.72. The number of hydrogen-bond acceptors (Lipinski definition) is 5. The Kier molecular flexibility index (Phi) is 9.48. The maximum absolute atomic E-state index is 12.2. The summed E-state index contributed by atoms with van der Waals surface area (Å²) in [4.78, 5) is 34.0. The van der Waals surface area contributed by atoms with Gasteiger partial charge in [0.2, 0.25) is 0 Å². The number of alkyl carbamates (subject to hydrolysis) is 1. The van der Waals surface area contributed by atoms with E-state index in [1.165, 1.54) is 6.07 Å². The number of halogens is 2. The zero-order valence-corrected chi connectivity index (χ0v) is 17.7. The number of unbranched alkanes of at least 4 members (excludes halogenated alkanes) is 3. The minimum absolute atomic E-state index is 0.0568. The molecule has 0 saturated heterocycles. The monoisotopic (exact) mass is 433 g/mol. The third-order valence-electron chi connectivity index (χ3n) is 3.55. The fourth-order valence-electron chi connectivity index (χ4n) is 2.29. The van der Waals surface area contributed by atoms with Crippen molar-refractivity contribution < 1.29 is 19.2 Å². The quantitative estimate of drug-likeness (QED) is 0.332. The van der Waals surface area contributed by atoms with E-state index in [2.05, 4.69) is 10.6 Å². The van der Waals surface area contributed by atoms with E-state index in [-0.39, 0.29) is 21.3 Å². The Bertz CT molecular complexity index is 720. The normalized spacial score (nSPS) is 11.0. The summed E-state index contributed by atoms with van der Waals surface area (Å²) >= 11 is 11.9. The average Bonchev–Trinajstić information content (AvgIpc) is 2.55. The summed E-state index contributed by atoms with van der Waals surface area (Å²) in [5, 5.41) is 16.0. The number of hydrogen-bond donors (Lipinski definition) is 2. The Morgan fingerprint density at radius 1 is 1.07 bits per heavy atom. The summed E-state index contributed by atoms with van der Waals surface area (Å²) in [6.07, 6.45) is 2.76. The number of nitrogens with one attached hydrogen (secondary N) is 2. The second-order valence-electron chi connectivity index (χ2n) is 7.11. The summed E-state index contributed by atoms with van der Waals surface area (Å²) in [7, 11) is 0. The molecule has 0 aliphatic rings. The van der Waals surface area contributed by atoms with Crippen LogP contribution < -0.4 is 10.6 Å². The fraction of sp³-hybridized carbons (Fsp3) is 0.556. The number of ether oxygens (including phenoxy) is 1. The van der Waals surface area contributed by atoms with Crippen molar-refractivity contribution in [1.29, 1.82) is 0 Å². The second-order valence-corrected chi connectivity index (χ2v) is 7.90. The van der Waals surface area contributed by atoms with Gasteiger partial charge in [-0.2, -0.15) is 0 Å². The highest BCUT2D eigenvalue weighted by Gasteiger charge is 2.23. The van der Waals surface area contributed by atoms with Gasteiger partial charge in [-0.25, -0.2) is 4.79 Å². The van der Waals surface area contributed by atoms with Gasteiger partial charge in [0, 0.05) is 19.2 Å². The number of nitrogens with zero attached hydrogens (tertiary/aromatic N) is 1. The zero-order valence-electron chi connectivity index (χ0n) is 16.1. The highest BCUT2D eigenvalue weighted by molar-refractivity contribution is 6.41. The van der Waals surface area contributed by atoms with Crippen molar-refractivity contribution in [2.45, 2.75) is 52.1 Å². The van der Waals surface area contributed by atoms with E-state index in [1.54, 1.807) is 20.8 Å². The molecule has 0 fully saturated rings. The van der Waals surface area contributed by atoms with Gasteiger partial charge in [-0.1, -0.05) is 36.0 Å². The van der Waals surface area contributed by atoms with Crippen molar-refractivity contribution in [2.75, 3.05) is 13.1 Å². The topological polar surface area (TPSA) is 111 Å². The number of carbonyl (C=O) groups excluding carboxylic acids is 2. The third kappa shape index (κ3) is 8.31. The molecule has 2 amide bonds. The van der Waals surface area contributed by atoms with E-state index >= 15 is 0 Å². The summed E-state index contributed by atoms with van der Waals surface area (Å²) in [5.41, 5.74) is -0.986. The summed E-state index contributed by atoms with van der Waals surface area (Å²) in [5.74, 6) is -0.551. The number of rotatable bonds is 9. The highest BCUT2D eigenvalue weighted by Crippen LogP contribution is 2.32. The van der Waals surface area contributed by atoms with Crippen LogP contribution in [0.5, 0.6) is 0 Å². The maximum atomic E-state index is 12.2. The first kappa shape index (κ1) is 24.0. The van der Waals surface area contributed by atoms with E-state index in [4.69, 9.17) is 27.9 Å². The molecule has 8 nitrogen and oxygen atoms in total. The van der Waals surface area contributed by atoms with Gasteiger partial charge in [0.1, 0.15) is 10.6 Å². The van der Waals surface area contributed by atoms with Crippen molar-refractivity contribution in [3.8, 4) is 0 Å². The van der Waals surface area contributed by atoms with Gasteiger partial charge in [-0.15, -0.1) is 0 Å². The van der Waals surface area contributed by atoms with Crippen LogP contribution in [-0.2, 0) is 4.74 Å². The first-order valence-electron chi connectivity index (χ1n) is 8.90. The molecule has 0 unspecified atom stereocenters. The molecule has 10 heteroatoms. The summed E-state index contributed by atoms with van der Waals surface area (Å²) < 4.78 is 5.13. The molecule has 28 heavy (non-hydrogen) atoms. The molecule has 1 aromatic rings. The van der Waals surface area contributed by atoms with Crippen LogP contribution in [0, 0.1) is 10.1 Å². The van der Waals surface area contributed by atoms with Crippen LogP contribution in [0.1, 0.15) is 56.8 Å². The Morgan fingerprint density at radius 2 is 1.64 bits per heavy atom. The van der Waals surface area contributed by atoms with Gasteiger partial charge in [0.05, 0.1) is 15.5 Å². The van der Waals surface area contributed by atoms with Gasteiger partial charge >= 0.3 is 6.09 Å². The number of carbonyl (C=O) groups is 2. The van der Waals surface area contributed by atoms with Crippen molar-refractivity contribution in [3.05, 3.63) is 37.9 Å². The van der Waals surface area contributed by atoms with Gasteiger partial charge in [-0.05, 0) is 39.7 Å². The van der Waals surface area contributed by atoms with Crippen LogP contribution in [0.3, 0.4) is 0 Å². The molecule has 0 aliphatic carbocycles. The summed E-state index contributed by atoms with van der Waals surface area (Å²) in [6, 6.07) is 2.44. The third-order valence-corrected chi connectivity index (χ3v) is 4.25. The largest absolute Gasteiger partial charge is 0.444 e. The lowest BCUT2D eigenvalue weighted by atomic mass is 10.1. The van der Waals surface area contributed by atoms with Crippen molar-refractivity contribution >= 4 is 40.9 Å². The number of benzene rings is 1. The van der Waals surface area contributed by atoms with Gasteiger partial charge in [0.25, 0.3) is 11.6 Å². The van der Waals surface area contributed by atoms with Crippen molar-refractivity contribution in [2.24, 2.45) is 0 Å². The van der Waals surface area contributed by atoms with Crippen LogP contribution in [-0.4, -0.2) is 35.6 Å². The van der Waals surface area contributed by atoms with Crippen LogP contribution in [0.4, 0.5) is 10.5 Å². The van der Waals surface area contributed by atoms with Gasteiger partial charge < -0.3 is 15.4 Å². The lowest BCUT2D eigenvalue weighted by Crippen LogP contribution is -2.33. The smallest absolute Gasteiger partial charge is 0.407 e. The maximum Gasteiger partial charge on any atom is 0.407 e. The lowest BCUT2D eigenvalue weighted by Gasteiger charge is -2.19. The van der Waals surface area contributed by atoms with Crippen LogP contribution in [0.15, 0.2) is 12.1 Å². The van der Waals surface area contributed by atoms with Crippen LogP contribution >= 0.6 is 23.2 Å². The molecule has 0 aromatic heterocycles. The van der Waals surface area contributed by atoms with E-state index in [0.29, 0.717) is 19.5 Å². The molecule has 0 radical (unpaired) electrons. The minimum atomic E-state index is -0.666. The Balaban J connectivity index is 2.29. The van der Waals surface area contributed by atoms with E-state index in [0.717, 1.165) is 25.3 Å². The SMILES string of the molecule is CC(C)(C)OC(=O)NCCCCCCNC(=O)c1c(Cl)ccc([N+](=O)[O-])c1Cl. The zero-order chi connectivity index (χ0) is 21.3. The first-order valence-corrected chi connectivity index (χ1v) is 9.66. The number of nitro benzene ring substituents is 1. The molecule has 156 valence electrons. The molecule has 0 saturated carbocycles. The molecule has 0 bridgehead atoms. The summed E-state index contributed by atoms with van der Waals surface area (Å²) in [6.45, 7) is 6.30. The molecule has 0 atom stereocenters. The van der Waals surface area contributed by atoms with Gasteiger partial charge in [-0.3, -0.25) is 14.9 Å². The molecule has 0 aliphatic heterocycles. The highest BCUT2D eigenvalue weighted by atomic mass is 35.5. The number of amides is 2. The molecule has 0 heterocycles. The van der Waals surface area contributed by atoms with Crippen LogP contribution in [0.25, 0.3) is 0 Å². The minimum Gasteiger partial charge on any atom is -0.444 e. The van der Waals surface area contributed by atoms with E-state index in [9.17, 15) is 19.7 Å². The molecule has 2 N–H and O–H groups in total. The van der Waals surface area contributed by atoms with E-state index < -0.39 is 22.5 Å². The molecule has 0 spiro atoms. The first-order chi connectivity index (χ1) is 13.0. The Morgan fingerprint density at radius 3 is 2.18 bits per heavy atom. The van der Waals surface area contributed by atoms with E-state index in [1.807, 2.05) is 0 Å². The molecular weight excluding hydrogens is 409 g/mol. The van der Waals surface area contributed by atoms with Crippen LogP contribution in [0.2, 0.25) is 10.0 Å².